The number of nitrogens with one attached hydrogen (secondary N) is 1. The Kier molecular flexibility index (Phi) is 3.65. The molecule has 4 heteroatoms. The van der Waals surface area contributed by atoms with Gasteiger partial charge in [-0.1, -0.05) is 12.1 Å². The van der Waals surface area contributed by atoms with Gasteiger partial charge in [0, 0.05) is 24.3 Å². The summed E-state index contributed by atoms with van der Waals surface area (Å²) in [6, 6.07) is 5.41. The van der Waals surface area contributed by atoms with Crippen LogP contribution in [-0.4, -0.2) is 9.78 Å². The Balaban J connectivity index is 2.07. The minimum atomic E-state index is -0.216. The molecule has 0 aliphatic carbocycles. The Hall–Kier alpha value is -1.84. The van der Waals surface area contributed by atoms with E-state index in [1.54, 1.807) is 6.07 Å². The Labute approximate surface area is 107 Å². The van der Waals surface area contributed by atoms with Crippen LogP contribution in [0.2, 0.25) is 0 Å². The van der Waals surface area contributed by atoms with Gasteiger partial charge in [0.05, 0.1) is 11.9 Å². The summed E-state index contributed by atoms with van der Waals surface area (Å²) in [6.45, 7) is 6.62. The topological polar surface area (TPSA) is 29.9 Å². The second-order valence-corrected chi connectivity index (χ2v) is 4.71. The second-order valence-electron chi connectivity index (χ2n) is 4.71. The fraction of sp³-hybridized carbons (Fsp3) is 0.357. The van der Waals surface area contributed by atoms with Crippen LogP contribution in [0.3, 0.4) is 0 Å². The third-order valence-corrected chi connectivity index (χ3v) is 2.88. The summed E-state index contributed by atoms with van der Waals surface area (Å²) in [4.78, 5) is 0. The fourth-order valence-electron chi connectivity index (χ4n) is 1.80. The van der Waals surface area contributed by atoms with Gasteiger partial charge in [0.2, 0.25) is 0 Å². The molecule has 96 valence electrons. The summed E-state index contributed by atoms with van der Waals surface area (Å²) in [5.41, 5.74) is 2.52. The molecule has 0 aliphatic rings. The smallest absolute Gasteiger partial charge is 0.146 e. The highest BCUT2D eigenvalue weighted by atomic mass is 19.1. The van der Waals surface area contributed by atoms with Gasteiger partial charge in [0.25, 0.3) is 0 Å². The van der Waals surface area contributed by atoms with Crippen molar-refractivity contribution >= 4 is 5.69 Å². The minimum absolute atomic E-state index is 0.216. The van der Waals surface area contributed by atoms with E-state index < -0.39 is 0 Å². The molecule has 0 fully saturated rings. The Bertz CT molecular complexity index is 511. The van der Waals surface area contributed by atoms with Crippen molar-refractivity contribution in [3.63, 3.8) is 0 Å². The van der Waals surface area contributed by atoms with E-state index in [2.05, 4.69) is 24.3 Å². The highest BCUT2D eigenvalue weighted by Gasteiger charge is 2.06. The van der Waals surface area contributed by atoms with Gasteiger partial charge in [-0.25, -0.2) is 4.39 Å². The number of aromatic nitrogens is 2. The van der Waals surface area contributed by atoms with Gasteiger partial charge >= 0.3 is 0 Å². The Morgan fingerprint density at radius 1 is 1.39 bits per heavy atom. The van der Waals surface area contributed by atoms with Crippen LogP contribution >= 0.6 is 0 Å². The summed E-state index contributed by atoms with van der Waals surface area (Å²) in [5.74, 6) is -0.216. The lowest BCUT2D eigenvalue weighted by Gasteiger charge is -2.09. The standard InChI is InChI=1S/C14H18FN3/c1-10(2)18-9-12(8-17-18)7-16-14-11(3)5-4-6-13(14)15/h4-6,8-10,16H,7H2,1-3H3. The molecule has 0 aliphatic heterocycles. The summed E-state index contributed by atoms with van der Waals surface area (Å²) in [7, 11) is 0. The van der Waals surface area contributed by atoms with Crippen molar-refractivity contribution in [3.05, 3.63) is 47.5 Å². The molecule has 0 unspecified atom stereocenters. The largest absolute Gasteiger partial charge is 0.378 e. The highest BCUT2D eigenvalue weighted by Crippen LogP contribution is 2.19. The zero-order valence-corrected chi connectivity index (χ0v) is 10.9. The lowest BCUT2D eigenvalue weighted by molar-refractivity contribution is 0.532. The second kappa shape index (κ2) is 5.21. The molecule has 0 amide bonds. The van der Waals surface area contributed by atoms with Crippen LogP contribution in [-0.2, 0) is 6.54 Å². The van der Waals surface area contributed by atoms with Crippen molar-refractivity contribution in [2.75, 3.05) is 5.32 Å². The molecule has 1 heterocycles. The van der Waals surface area contributed by atoms with Gasteiger partial charge in [0.1, 0.15) is 5.82 Å². The van der Waals surface area contributed by atoms with Gasteiger partial charge in [0.15, 0.2) is 0 Å². The molecule has 0 atom stereocenters. The molecule has 3 nitrogen and oxygen atoms in total. The predicted octanol–water partition coefficient (Wildman–Crippen LogP) is 3.52. The Morgan fingerprint density at radius 3 is 2.78 bits per heavy atom. The molecule has 1 N–H and O–H groups in total. The van der Waals surface area contributed by atoms with E-state index in [9.17, 15) is 4.39 Å². The zero-order chi connectivity index (χ0) is 13.1. The van der Waals surface area contributed by atoms with Gasteiger partial charge in [-0.3, -0.25) is 4.68 Å². The van der Waals surface area contributed by atoms with Crippen molar-refractivity contribution in [3.8, 4) is 0 Å². The van der Waals surface area contributed by atoms with Crippen LogP contribution in [0.25, 0.3) is 0 Å². The maximum absolute atomic E-state index is 13.6. The number of benzene rings is 1. The van der Waals surface area contributed by atoms with E-state index in [1.165, 1.54) is 6.07 Å². The van der Waals surface area contributed by atoms with Gasteiger partial charge in [-0.15, -0.1) is 0 Å². The average molecular weight is 247 g/mol. The van der Waals surface area contributed by atoms with Gasteiger partial charge in [-0.05, 0) is 32.4 Å². The molecular formula is C14H18FN3. The van der Waals surface area contributed by atoms with E-state index in [4.69, 9.17) is 0 Å². The molecule has 0 spiro atoms. The van der Waals surface area contributed by atoms with Crippen LogP contribution in [0.4, 0.5) is 10.1 Å². The number of hydrogen-bond acceptors (Lipinski definition) is 2. The normalized spacial score (nSPS) is 10.9. The number of halogens is 1. The van der Waals surface area contributed by atoms with Crippen molar-refractivity contribution in [1.29, 1.82) is 0 Å². The predicted molar refractivity (Wildman–Crippen MR) is 71.1 cm³/mol. The van der Waals surface area contributed by atoms with E-state index in [0.717, 1.165) is 11.1 Å². The van der Waals surface area contributed by atoms with E-state index in [-0.39, 0.29) is 5.82 Å². The van der Waals surface area contributed by atoms with Crippen molar-refractivity contribution < 1.29 is 4.39 Å². The molecule has 18 heavy (non-hydrogen) atoms. The number of hydrogen-bond donors (Lipinski definition) is 1. The molecule has 0 radical (unpaired) electrons. The van der Waals surface area contributed by atoms with Crippen LogP contribution in [0.5, 0.6) is 0 Å². The van der Waals surface area contributed by atoms with Crippen molar-refractivity contribution in [1.82, 2.24) is 9.78 Å². The average Bonchev–Trinajstić information content (AvgIpc) is 2.77. The maximum Gasteiger partial charge on any atom is 0.146 e. The third-order valence-electron chi connectivity index (χ3n) is 2.88. The van der Waals surface area contributed by atoms with Crippen LogP contribution in [0, 0.1) is 12.7 Å². The van der Waals surface area contributed by atoms with Gasteiger partial charge < -0.3 is 5.32 Å². The summed E-state index contributed by atoms with van der Waals surface area (Å²) >= 11 is 0. The lowest BCUT2D eigenvalue weighted by atomic mass is 10.2. The fourth-order valence-corrected chi connectivity index (χ4v) is 1.80. The first-order valence-electron chi connectivity index (χ1n) is 6.10. The van der Waals surface area contributed by atoms with E-state index >= 15 is 0 Å². The molecule has 2 aromatic rings. The summed E-state index contributed by atoms with van der Waals surface area (Å²) in [6.07, 6.45) is 3.79. The molecule has 0 saturated carbocycles. The number of anilines is 1. The molecule has 0 saturated heterocycles. The number of aryl methyl sites for hydroxylation is 1. The van der Waals surface area contributed by atoms with Crippen LogP contribution < -0.4 is 5.32 Å². The summed E-state index contributed by atoms with van der Waals surface area (Å²) in [5, 5.41) is 7.38. The molecular weight excluding hydrogens is 229 g/mol. The zero-order valence-electron chi connectivity index (χ0n) is 10.9. The Morgan fingerprint density at radius 2 is 2.17 bits per heavy atom. The maximum atomic E-state index is 13.6. The number of nitrogens with zero attached hydrogens (tertiary/aromatic N) is 2. The molecule has 1 aromatic heterocycles. The van der Waals surface area contributed by atoms with E-state index in [0.29, 0.717) is 18.3 Å². The molecule has 2 rings (SSSR count). The monoisotopic (exact) mass is 247 g/mol. The molecule has 0 bridgehead atoms. The number of rotatable bonds is 4. The quantitative estimate of drug-likeness (QED) is 0.895. The lowest BCUT2D eigenvalue weighted by Crippen LogP contribution is -2.03. The van der Waals surface area contributed by atoms with Crippen LogP contribution in [0.15, 0.2) is 30.6 Å². The summed E-state index contributed by atoms with van der Waals surface area (Å²) < 4.78 is 15.5. The van der Waals surface area contributed by atoms with Crippen molar-refractivity contribution in [2.45, 2.75) is 33.4 Å². The van der Waals surface area contributed by atoms with Crippen molar-refractivity contribution in [2.24, 2.45) is 0 Å². The molecule has 1 aromatic carbocycles. The first-order chi connectivity index (χ1) is 8.58. The first-order valence-corrected chi connectivity index (χ1v) is 6.10. The van der Waals surface area contributed by atoms with Crippen LogP contribution in [0.1, 0.15) is 31.0 Å². The third kappa shape index (κ3) is 2.70. The van der Waals surface area contributed by atoms with E-state index in [1.807, 2.05) is 30.1 Å². The van der Waals surface area contributed by atoms with Gasteiger partial charge in [-0.2, -0.15) is 5.10 Å². The minimum Gasteiger partial charge on any atom is -0.378 e. The first kappa shape index (κ1) is 12.6. The SMILES string of the molecule is Cc1cccc(F)c1NCc1cnn(C(C)C)c1. The highest BCUT2D eigenvalue weighted by molar-refractivity contribution is 5.51. The number of para-hydroxylation sites is 1.